The van der Waals surface area contributed by atoms with Crippen LogP contribution in [0.25, 0.3) is 0 Å². The molecule has 16 heavy (non-hydrogen) atoms. The number of hydrogen-bond donors (Lipinski definition) is 2. The van der Waals surface area contributed by atoms with Crippen molar-refractivity contribution < 1.29 is 0 Å². The average Bonchev–Trinajstić information content (AvgIpc) is 2.67. The van der Waals surface area contributed by atoms with Gasteiger partial charge in [-0.05, 0) is 31.2 Å². The Labute approximate surface area is 95.5 Å². The van der Waals surface area contributed by atoms with Gasteiger partial charge >= 0.3 is 0 Å². The van der Waals surface area contributed by atoms with Crippen LogP contribution in [0.4, 0.5) is 11.5 Å². The molecule has 0 radical (unpaired) electrons. The fourth-order valence-corrected chi connectivity index (χ4v) is 2.21. The van der Waals surface area contributed by atoms with E-state index < -0.39 is 0 Å². The smallest absolute Gasteiger partial charge is 0.144 e. The number of nitriles is 1. The first-order valence-electron chi connectivity index (χ1n) is 5.61. The summed E-state index contributed by atoms with van der Waals surface area (Å²) in [5, 5.41) is 12.3. The summed E-state index contributed by atoms with van der Waals surface area (Å²) in [5.74, 6) is 1.42. The van der Waals surface area contributed by atoms with E-state index in [4.69, 9.17) is 11.0 Å². The summed E-state index contributed by atoms with van der Waals surface area (Å²) in [6.07, 6.45) is 5.13. The van der Waals surface area contributed by atoms with Crippen LogP contribution in [0.1, 0.15) is 31.7 Å². The van der Waals surface area contributed by atoms with Gasteiger partial charge in [-0.15, -0.1) is 0 Å². The fraction of sp³-hybridized carbons (Fsp3) is 0.500. The third-order valence-electron chi connectivity index (χ3n) is 3.06. The maximum Gasteiger partial charge on any atom is 0.144 e. The van der Waals surface area contributed by atoms with Crippen molar-refractivity contribution in [2.24, 2.45) is 5.92 Å². The molecule has 1 heterocycles. The predicted octanol–water partition coefficient (Wildman–Crippen LogP) is 2.14. The van der Waals surface area contributed by atoms with Crippen molar-refractivity contribution in [3.8, 4) is 6.07 Å². The molecule has 2 rings (SSSR count). The van der Waals surface area contributed by atoms with Gasteiger partial charge in [0.2, 0.25) is 0 Å². The fourth-order valence-electron chi connectivity index (χ4n) is 2.21. The van der Waals surface area contributed by atoms with Crippen LogP contribution in [-0.2, 0) is 0 Å². The zero-order valence-electron chi connectivity index (χ0n) is 9.40. The normalized spacial score (nSPS) is 24.0. The highest BCUT2D eigenvalue weighted by atomic mass is 15.0. The Balaban J connectivity index is 2.12. The van der Waals surface area contributed by atoms with Crippen LogP contribution in [0.5, 0.6) is 0 Å². The number of hydrogen-bond acceptors (Lipinski definition) is 4. The maximum atomic E-state index is 8.98. The molecule has 1 aliphatic rings. The van der Waals surface area contributed by atoms with Gasteiger partial charge in [0, 0.05) is 6.04 Å². The number of anilines is 2. The number of nitrogens with two attached hydrogens (primary N) is 1. The zero-order valence-corrected chi connectivity index (χ0v) is 9.40. The minimum absolute atomic E-state index is 0.443. The number of aromatic nitrogens is 1. The molecule has 4 heteroatoms. The number of nitrogens with zero attached hydrogens (tertiary/aromatic N) is 2. The van der Waals surface area contributed by atoms with Crippen molar-refractivity contribution in [1.82, 2.24) is 4.98 Å². The van der Waals surface area contributed by atoms with Crippen LogP contribution in [-0.4, -0.2) is 11.0 Å². The van der Waals surface area contributed by atoms with Crippen LogP contribution in [0.15, 0.2) is 12.3 Å². The van der Waals surface area contributed by atoms with Gasteiger partial charge in [-0.1, -0.05) is 6.92 Å². The Morgan fingerprint density at radius 3 is 3.00 bits per heavy atom. The minimum Gasteiger partial charge on any atom is -0.397 e. The molecule has 0 aliphatic heterocycles. The summed E-state index contributed by atoms with van der Waals surface area (Å²) in [6.45, 7) is 2.25. The van der Waals surface area contributed by atoms with Gasteiger partial charge in [0.05, 0.1) is 17.4 Å². The molecule has 84 valence electrons. The summed E-state index contributed by atoms with van der Waals surface area (Å²) in [4.78, 5) is 4.18. The van der Waals surface area contributed by atoms with Gasteiger partial charge < -0.3 is 11.1 Å². The van der Waals surface area contributed by atoms with Crippen LogP contribution >= 0.6 is 0 Å². The van der Waals surface area contributed by atoms with Gasteiger partial charge in [0.25, 0.3) is 0 Å². The number of nitrogen functional groups attached to an aromatic ring is 1. The summed E-state index contributed by atoms with van der Waals surface area (Å²) in [6, 6.07) is 4.22. The van der Waals surface area contributed by atoms with Crippen molar-refractivity contribution in [1.29, 1.82) is 5.26 Å². The Hall–Kier alpha value is -1.76. The van der Waals surface area contributed by atoms with Crippen LogP contribution in [0.3, 0.4) is 0 Å². The van der Waals surface area contributed by atoms with E-state index in [9.17, 15) is 0 Å². The van der Waals surface area contributed by atoms with Crippen LogP contribution < -0.4 is 11.1 Å². The van der Waals surface area contributed by atoms with E-state index >= 15 is 0 Å². The second-order valence-electron chi connectivity index (χ2n) is 4.54. The average molecular weight is 216 g/mol. The third kappa shape index (κ3) is 2.25. The lowest BCUT2D eigenvalue weighted by atomic mass is 10.1. The van der Waals surface area contributed by atoms with E-state index in [0.717, 1.165) is 18.8 Å². The van der Waals surface area contributed by atoms with Crippen molar-refractivity contribution in [3.05, 3.63) is 17.8 Å². The van der Waals surface area contributed by atoms with E-state index in [2.05, 4.69) is 23.3 Å². The standard InChI is InChI=1S/C12H16N4/c1-8-2-3-11(4-8)16-12-9(6-13)5-10(14)7-15-12/h5,7-8,11H,2-4,14H2,1H3,(H,15,16). The molecule has 1 saturated carbocycles. The highest BCUT2D eigenvalue weighted by Crippen LogP contribution is 2.28. The lowest BCUT2D eigenvalue weighted by Crippen LogP contribution is -2.17. The molecule has 4 nitrogen and oxygen atoms in total. The summed E-state index contributed by atoms with van der Waals surface area (Å²) in [7, 11) is 0. The van der Waals surface area contributed by atoms with E-state index in [-0.39, 0.29) is 0 Å². The predicted molar refractivity (Wildman–Crippen MR) is 63.8 cm³/mol. The first kappa shape index (κ1) is 10.7. The molecular formula is C12H16N4. The number of rotatable bonds is 2. The second kappa shape index (κ2) is 4.40. The largest absolute Gasteiger partial charge is 0.397 e. The van der Waals surface area contributed by atoms with Crippen LogP contribution in [0, 0.1) is 17.2 Å². The summed E-state index contributed by atoms with van der Waals surface area (Å²) in [5.41, 5.74) is 6.65. The Bertz CT molecular complexity index is 422. The van der Waals surface area contributed by atoms with Gasteiger partial charge in [0.1, 0.15) is 11.9 Å². The van der Waals surface area contributed by atoms with Gasteiger partial charge in [-0.25, -0.2) is 4.98 Å². The Morgan fingerprint density at radius 1 is 1.56 bits per heavy atom. The number of pyridine rings is 1. The molecule has 2 unspecified atom stereocenters. The molecule has 0 bridgehead atoms. The van der Waals surface area contributed by atoms with E-state index in [1.165, 1.54) is 6.42 Å². The van der Waals surface area contributed by atoms with Crippen molar-refractivity contribution in [3.63, 3.8) is 0 Å². The lowest BCUT2D eigenvalue weighted by Gasteiger charge is -2.14. The van der Waals surface area contributed by atoms with E-state index in [1.807, 2.05) is 0 Å². The molecule has 0 saturated heterocycles. The highest BCUT2D eigenvalue weighted by Gasteiger charge is 2.22. The van der Waals surface area contributed by atoms with Crippen molar-refractivity contribution >= 4 is 11.5 Å². The molecule has 1 aromatic rings. The minimum atomic E-state index is 0.443. The van der Waals surface area contributed by atoms with E-state index in [0.29, 0.717) is 23.1 Å². The first-order chi connectivity index (χ1) is 7.69. The van der Waals surface area contributed by atoms with Gasteiger partial charge in [-0.3, -0.25) is 0 Å². The zero-order chi connectivity index (χ0) is 11.5. The molecule has 2 atom stereocenters. The molecule has 0 amide bonds. The van der Waals surface area contributed by atoms with Crippen molar-refractivity contribution in [2.75, 3.05) is 11.1 Å². The molecule has 3 N–H and O–H groups in total. The molecule has 1 fully saturated rings. The van der Waals surface area contributed by atoms with E-state index in [1.54, 1.807) is 12.3 Å². The highest BCUT2D eigenvalue weighted by molar-refractivity contribution is 5.57. The van der Waals surface area contributed by atoms with Crippen molar-refractivity contribution in [2.45, 2.75) is 32.2 Å². The van der Waals surface area contributed by atoms with Gasteiger partial charge in [0.15, 0.2) is 0 Å². The van der Waals surface area contributed by atoms with Gasteiger partial charge in [-0.2, -0.15) is 5.26 Å². The summed E-state index contributed by atoms with van der Waals surface area (Å²) >= 11 is 0. The maximum absolute atomic E-state index is 8.98. The topological polar surface area (TPSA) is 74.7 Å². The molecule has 0 spiro atoms. The molecular weight excluding hydrogens is 200 g/mol. The van der Waals surface area contributed by atoms with Crippen LogP contribution in [0.2, 0.25) is 0 Å². The molecule has 1 aliphatic carbocycles. The first-order valence-corrected chi connectivity index (χ1v) is 5.61. The monoisotopic (exact) mass is 216 g/mol. The Kier molecular flexibility index (Phi) is 2.95. The second-order valence-corrected chi connectivity index (χ2v) is 4.54. The lowest BCUT2D eigenvalue weighted by molar-refractivity contribution is 0.602. The third-order valence-corrected chi connectivity index (χ3v) is 3.06. The Morgan fingerprint density at radius 2 is 2.38 bits per heavy atom. The SMILES string of the molecule is CC1CCC(Nc2ncc(N)cc2C#N)C1. The quantitative estimate of drug-likeness (QED) is 0.794. The summed E-state index contributed by atoms with van der Waals surface area (Å²) < 4.78 is 0. The number of nitrogens with one attached hydrogen (secondary N) is 1. The molecule has 1 aromatic heterocycles. The molecule has 0 aromatic carbocycles.